The summed E-state index contributed by atoms with van der Waals surface area (Å²) in [6.45, 7) is 3.86. The van der Waals surface area contributed by atoms with Crippen molar-refractivity contribution >= 4 is 61.6 Å². The molecule has 3 aromatic rings. The summed E-state index contributed by atoms with van der Waals surface area (Å²) in [6.07, 6.45) is 0.706. The van der Waals surface area contributed by atoms with Gasteiger partial charge in [-0.25, -0.2) is 4.79 Å². The third kappa shape index (κ3) is 6.25. The molecule has 0 unspecified atom stereocenters. The lowest BCUT2D eigenvalue weighted by Gasteiger charge is -2.23. The van der Waals surface area contributed by atoms with E-state index >= 15 is 0 Å². The molecule has 0 spiro atoms. The fraction of sp³-hybridized carbons (Fsp3) is 0.238. The molecule has 31 heavy (non-hydrogen) atoms. The molecular weight excluding hydrogens is 502 g/mol. The largest absolute Gasteiger partial charge is 0.326 e. The predicted molar refractivity (Wildman–Crippen MR) is 129 cm³/mol. The summed E-state index contributed by atoms with van der Waals surface area (Å²) < 4.78 is 0.747. The van der Waals surface area contributed by atoms with E-state index in [1.54, 1.807) is 18.2 Å². The van der Waals surface area contributed by atoms with Crippen molar-refractivity contribution in [2.24, 2.45) is 5.92 Å². The Labute approximate surface area is 197 Å². The molecule has 0 aliphatic heterocycles. The van der Waals surface area contributed by atoms with Crippen molar-refractivity contribution in [2.75, 3.05) is 10.6 Å². The molecule has 3 N–H and O–H groups in total. The number of amides is 3. The Morgan fingerprint density at radius 1 is 1.13 bits per heavy atom. The molecule has 10 heteroatoms. The summed E-state index contributed by atoms with van der Waals surface area (Å²) in [7, 11) is 0. The maximum absolute atomic E-state index is 12.9. The molecule has 1 aromatic heterocycles. The van der Waals surface area contributed by atoms with Crippen LogP contribution in [-0.4, -0.2) is 28.2 Å². The van der Waals surface area contributed by atoms with Crippen LogP contribution in [0, 0.1) is 5.92 Å². The van der Waals surface area contributed by atoms with E-state index in [1.807, 2.05) is 44.2 Å². The number of anilines is 2. The first kappa shape index (κ1) is 23.2. The molecule has 0 aliphatic carbocycles. The second-order valence-electron chi connectivity index (χ2n) is 6.85. The third-order valence-corrected chi connectivity index (χ3v) is 6.45. The molecule has 7 nitrogen and oxygen atoms in total. The minimum Gasteiger partial charge on any atom is -0.326 e. The van der Waals surface area contributed by atoms with Gasteiger partial charge in [0.1, 0.15) is 11.0 Å². The van der Waals surface area contributed by atoms with Crippen molar-refractivity contribution in [3.8, 4) is 10.6 Å². The molecule has 0 fully saturated rings. The zero-order valence-electron chi connectivity index (χ0n) is 16.9. The molecule has 0 radical (unpaired) electrons. The van der Waals surface area contributed by atoms with Crippen molar-refractivity contribution < 1.29 is 9.59 Å². The molecule has 3 amide bonds. The topological polar surface area (TPSA) is 96.0 Å². The minimum absolute atomic E-state index is 0.0923. The monoisotopic (exact) mass is 521 g/mol. The highest BCUT2D eigenvalue weighted by Crippen LogP contribution is 2.28. The first-order valence-electron chi connectivity index (χ1n) is 9.59. The molecule has 2 atom stereocenters. The highest BCUT2D eigenvalue weighted by Gasteiger charge is 2.27. The number of nitrogens with zero attached hydrogens (tertiary/aromatic N) is 2. The van der Waals surface area contributed by atoms with E-state index < -0.39 is 12.1 Å². The van der Waals surface area contributed by atoms with Crippen LogP contribution in [0.4, 0.5) is 15.6 Å². The maximum Gasteiger partial charge on any atom is 0.319 e. The van der Waals surface area contributed by atoms with Gasteiger partial charge in [0.25, 0.3) is 0 Å². The molecule has 0 saturated heterocycles. The number of carbonyl (C=O) groups is 2. The minimum atomic E-state index is -0.744. The average Bonchev–Trinajstić information content (AvgIpc) is 3.21. The molecule has 0 saturated carbocycles. The van der Waals surface area contributed by atoms with Crippen molar-refractivity contribution in [2.45, 2.75) is 26.3 Å². The van der Waals surface area contributed by atoms with Gasteiger partial charge in [-0.2, -0.15) is 0 Å². The molecule has 3 rings (SSSR count). The number of hydrogen-bond acceptors (Lipinski definition) is 5. The standard InChI is InChI=1S/C21H21BrClN5O2S/c1-3-12(2)17(25-20(30)24-16-10-5-4-9-15(16)22)18(29)26-21-28-27-19(31-21)13-7-6-8-14(23)11-13/h4-12,17H,3H2,1-2H3,(H2,24,25,30)(H,26,28,29)/t12-,17+/m1/s1. The number of urea groups is 1. The van der Waals surface area contributed by atoms with Gasteiger partial charge >= 0.3 is 6.03 Å². The third-order valence-electron chi connectivity index (χ3n) is 4.63. The van der Waals surface area contributed by atoms with Crippen LogP contribution >= 0.6 is 38.9 Å². The first-order valence-corrected chi connectivity index (χ1v) is 11.6. The number of aromatic nitrogens is 2. The highest BCUT2D eigenvalue weighted by atomic mass is 79.9. The number of rotatable bonds is 7. The van der Waals surface area contributed by atoms with E-state index in [0.717, 1.165) is 10.0 Å². The molecular formula is C21H21BrClN5O2S. The molecule has 162 valence electrons. The SMILES string of the molecule is CC[C@@H](C)[C@H](NC(=O)Nc1ccccc1Br)C(=O)Nc1nnc(-c2cccc(Cl)c2)s1. The fourth-order valence-electron chi connectivity index (χ4n) is 2.76. The van der Waals surface area contributed by atoms with Gasteiger partial charge in [0.15, 0.2) is 0 Å². The van der Waals surface area contributed by atoms with Crippen LogP contribution in [0.2, 0.25) is 5.02 Å². The van der Waals surface area contributed by atoms with Crippen molar-refractivity contribution in [3.05, 3.63) is 58.0 Å². The normalized spacial score (nSPS) is 12.6. The fourth-order valence-corrected chi connectivity index (χ4v) is 4.08. The van der Waals surface area contributed by atoms with E-state index in [4.69, 9.17) is 11.6 Å². The Bertz CT molecular complexity index is 1080. The van der Waals surface area contributed by atoms with Gasteiger partial charge in [-0.05, 0) is 46.1 Å². The van der Waals surface area contributed by atoms with Gasteiger partial charge in [0.05, 0.1) is 5.69 Å². The molecule has 0 aliphatic rings. The first-order chi connectivity index (χ1) is 14.9. The highest BCUT2D eigenvalue weighted by molar-refractivity contribution is 9.10. The van der Waals surface area contributed by atoms with Crippen molar-refractivity contribution in [1.82, 2.24) is 15.5 Å². The number of carbonyl (C=O) groups excluding carboxylic acids is 2. The van der Waals surface area contributed by atoms with Crippen LogP contribution in [0.5, 0.6) is 0 Å². The predicted octanol–water partition coefficient (Wildman–Crippen LogP) is 5.80. The van der Waals surface area contributed by atoms with Crippen LogP contribution in [0.15, 0.2) is 53.0 Å². The summed E-state index contributed by atoms with van der Waals surface area (Å²) >= 11 is 10.7. The van der Waals surface area contributed by atoms with Crippen molar-refractivity contribution in [1.29, 1.82) is 0 Å². The number of hydrogen-bond donors (Lipinski definition) is 3. The summed E-state index contributed by atoms with van der Waals surface area (Å²) in [6, 6.07) is 13.3. The second kappa shape index (κ2) is 10.7. The Hall–Kier alpha value is -2.49. The summed E-state index contributed by atoms with van der Waals surface area (Å²) in [4.78, 5) is 25.4. The Kier molecular flexibility index (Phi) is 8.00. The zero-order valence-corrected chi connectivity index (χ0v) is 20.0. The number of halogens is 2. The van der Waals surface area contributed by atoms with E-state index in [2.05, 4.69) is 42.1 Å². The Morgan fingerprint density at radius 2 is 1.90 bits per heavy atom. The van der Waals surface area contributed by atoms with Gasteiger partial charge in [0.2, 0.25) is 11.0 Å². The lowest BCUT2D eigenvalue weighted by Crippen LogP contribution is -2.49. The number of benzene rings is 2. The van der Waals surface area contributed by atoms with E-state index in [-0.39, 0.29) is 11.8 Å². The second-order valence-corrected chi connectivity index (χ2v) is 9.12. The van der Waals surface area contributed by atoms with Crippen LogP contribution in [0.25, 0.3) is 10.6 Å². The van der Waals surface area contributed by atoms with Gasteiger partial charge in [0, 0.05) is 15.1 Å². The van der Waals surface area contributed by atoms with Crippen LogP contribution < -0.4 is 16.0 Å². The van der Waals surface area contributed by atoms with E-state index in [1.165, 1.54) is 11.3 Å². The lowest BCUT2D eigenvalue weighted by molar-refractivity contribution is -0.119. The lowest BCUT2D eigenvalue weighted by atomic mass is 9.98. The van der Waals surface area contributed by atoms with Gasteiger partial charge in [-0.15, -0.1) is 10.2 Å². The number of para-hydroxylation sites is 1. The molecule has 0 bridgehead atoms. The van der Waals surface area contributed by atoms with E-state index in [9.17, 15) is 9.59 Å². The summed E-state index contributed by atoms with van der Waals surface area (Å²) in [5.74, 6) is -0.448. The van der Waals surface area contributed by atoms with Crippen LogP contribution in [0.1, 0.15) is 20.3 Å². The number of nitrogens with one attached hydrogen (secondary N) is 3. The van der Waals surface area contributed by atoms with Gasteiger partial charge < -0.3 is 10.6 Å². The van der Waals surface area contributed by atoms with E-state index in [0.29, 0.717) is 27.3 Å². The quantitative estimate of drug-likeness (QED) is 0.366. The van der Waals surface area contributed by atoms with Crippen LogP contribution in [0.3, 0.4) is 0 Å². The Balaban J connectivity index is 1.69. The summed E-state index contributed by atoms with van der Waals surface area (Å²) in [5, 5.41) is 18.0. The average molecular weight is 523 g/mol. The summed E-state index contributed by atoms with van der Waals surface area (Å²) in [5.41, 5.74) is 1.42. The maximum atomic E-state index is 12.9. The van der Waals surface area contributed by atoms with Gasteiger partial charge in [-0.3, -0.25) is 10.1 Å². The molecule has 2 aromatic carbocycles. The smallest absolute Gasteiger partial charge is 0.319 e. The van der Waals surface area contributed by atoms with Crippen molar-refractivity contribution in [3.63, 3.8) is 0 Å². The zero-order chi connectivity index (χ0) is 22.4. The van der Waals surface area contributed by atoms with Crippen LogP contribution in [-0.2, 0) is 4.79 Å². The molecule has 1 heterocycles. The Morgan fingerprint density at radius 3 is 2.61 bits per heavy atom. The van der Waals surface area contributed by atoms with Gasteiger partial charge in [-0.1, -0.05) is 67.5 Å².